The van der Waals surface area contributed by atoms with Gasteiger partial charge >= 0.3 is 0 Å². The zero-order chi connectivity index (χ0) is 16.7. The first-order valence-electron chi connectivity index (χ1n) is 7.24. The Kier molecular flexibility index (Phi) is 3.36. The minimum atomic E-state index is 0.0131. The van der Waals surface area contributed by atoms with E-state index in [4.69, 9.17) is 4.42 Å². The van der Waals surface area contributed by atoms with Gasteiger partial charge in [0.1, 0.15) is 22.8 Å². The maximum Gasteiger partial charge on any atom is 0.153 e. The lowest BCUT2D eigenvalue weighted by Crippen LogP contribution is -1.81. The van der Waals surface area contributed by atoms with E-state index in [1.165, 1.54) is 6.07 Å². The van der Waals surface area contributed by atoms with Gasteiger partial charge in [-0.25, -0.2) is 0 Å². The first-order chi connectivity index (χ1) is 11.7. The molecular formula is C19H12O4S. The second kappa shape index (κ2) is 5.54. The van der Waals surface area contributed by atoms with E-state index in [0.717, 1.165) is 16.7 Å². The summed E-state index contributed by atoms with van der Waals surface area (Å²) in [7, 11) is 0. The lowest BCUT2D eigenvalue weighted by molar-refractivity contribution is 0.112. The van der Waals surface area contributed by atoms with Gasteiger partial charge in [0.15, 0.2) is 6.29 Å². The van der Waals surface area contributed by atoms with Crippen LogP contribution >= 0.6 is 11.3 Å². The number of hydrogen-bond acceptors (Lipinski definition) is 5. The molecule has 5 heteroatoms. The van der Waals surface area contributed by atoms with Crippen molar-refractivity contribution in [3.05, 3.63) is 58.8 Å². The Labute approximate surface area is 141 Å². The lowest BCUT2D eigenvalue weighted by atomic mass is 9.99. The fraction of sp³-hybridized carbons (Fsp3) is 0. The number of aldehydes is 1. The second-order valence-electron chi connectivity index (χ2n) is 5.39. The molecule has 4 rings (SSSR count). The Balaban J connectivity index is 2.10. The first kappa shape index (κ1) is 14.5. The molecule has 0 saturated heterocycles. The molecule has 2 aromatic heterocycles. The van der Waals surface area contributed by atoms with Gasteiger partial charge in [0.2, 0.25) is 0 Å². The van der Waals surface area contributed by atoms with Crippen molar-refractivity contribution in [3.63, 3.8) is 0 Å². The molecule has 0 amide bonds. The molecule has 0 aliphatic rings. The molecule has 0 atom stereocenters. The number of aromatic hydroxyl groups is 2. The van der Waals surface area contributed by atoms with Crippen molar-refractivity contribution < 1.29 is 19.4 Å². The summed E-state index contributed by atoms with van der Waals surface area (Å²) in [5, 5.41) is 24.1. The van der Waals surface area contributed by atoms with Crippen molar-refractivity contribution in [2.24, 2.45) is 0 Å². The van der Waals surface area contributed by atoms with Crippen LogP contribution in [0.1, 0.15) is 10.4 Å². The van der Waals surface area contributed by atoms with E-state index >= 15 is 0 Å². The number of rotatable bonds is 3. The van der Waals surface area contributed by atoms with Crippen LogP contribution in [0.4, 0.5) is 0 Å². The highest BCUT2D eigenvalue weighted by molar-refractivity contribution is 7.08. The van der Waals surface area contributed by atoms with Crippen molar-refractivity contribution in [1.29, 1.82) is 0 Å². The molecule has 0 aliphatic heterocycles. The summed E-state index contributed by atoms with van der Waals surface area (Å²) in [6.45, 7) is 0. The zero-order valence-corrected chi connectivity index (χ0v) is 13.2. The largest absolute Gasteiger partial charge is 0.508 e. The summed E-state index contributed by atoms with van der Waals surface area (Å²) in [5.74, 6) is 0.773. The van der Waals surface area contributed by atoms with E-state index in [1.807, 2.05) is 16.8 Å². The van der Waals surface area contributed by atoms with Gasteiger partial charge in [0, 0.05) is 16.5 Å². The van der Waals surface area contributed by atoms with Crippen LogP contribution in [0.15, 0.2) is 57.6 Å². The third-order valence-corrected chi connectivity index (χ3v) is 4.55. The third kappa shape index (κ3) is 2.26. The highest BCUT2D eigenvalue weighted by atomic mass is 32.1. The molecule has 118 valence electrons. The zero-order valence-electron chi connectivity index (χ0n) is 12.4. The molecule has 4 nitrogen and oxygen atoms in total. The molecule has 0 fully saturated rings. The van der Waals surface area contributed by atoms with Gasteiger partial charge in [0.05, 0.1) is 5.56 Å². The van der Waals surface area contributed by atoms with Crippen LogP contribution < -0.4 is 0 Å². The van der Waals surface area contributed by atoms with Gasteiger partial charge in [-0.05, 0) is 58.8 Å². The fourth-order valence-corrected chi connectivity index (χ4v) is 3.45. The maximum absolute atomic E-state index is 11.4. The van der Waals surface area contributed by atoms with Crippen LogP contribution in [0.2, 0.25) is 0 Å². The van der Waals surface area contributed by atoms with Crippen LogP contribution in [-0.2, 0) is 0 Å². The summed E-state index contributed by atoms with van der Waals surface area (Å²) < 4.78 is 6.01. The number of thiophene rings is 1. The molecule has 0 unspecified atom stereocenters. The van der Waals surface area contributed by atoms with E-state index in [9.17, 15) is 15.0 Å². The number of benzene rings is 2. The van der Waals surface area contributed by atoms with Gasteiger partial charge in [0.25, 0.3) is 0 Å². The second-order valence-corrected chi connectivity index (χ2v) is 6.17. The highest BCUT2D eigenvalue weighted by Crippen LogP contribution is 2.43. The van der Waals surface area contributed by atoms with E-state index < -0.39 is 0 Å². The minimum absolute atomic E-state index is 0.0131. The van der Waals surface area contributed by atoms with E-state index in [0.29, 0.717) is 28.6 Å². The first-order valence-corrected chi connectivity index (χ1v) is 8.18. The lowest BCUT2D eigenvalue weighted by Gasteiger charge is -2.02. The molecule has 2 heterocycles. The summed E-state index contributed by atoms with van der Waals surface area (Å²) in [4.78, 5) is 11.4. The normalized spacial score (nSPS) is 11.0. The summed E-state index contributed by atoms with van der Waals surface area (Å²) >= 11 is 1.55. The molecule has 24 heavy (non-hydrogen) atoms. The number of fused-ring (bicyclic) bond motifs is 1. The number of phenolic OH excluding ortho intramolecular Hbond substituents is 2. The van der Waals surface area contributed by atoms with Crippen molar-refractivity contribution in [1.82, 2.24) is 0 Å². The molecule has 2 aromatic carbocycles. The summed E-state index contributed by atoms with van der Waals surface area (Å²) in [5.41, 5.74) is 3.28. The number of furan rings is 1. The van der Waals surface area contributed by atoms with Crippen LogP contribution in [0.5, 0.6) is 11.5 Å². The van der Waals surface area contributed by atoms with Crippen molar-refractivity contribution >= 4 is 28.6 Å². The predicted molar refractivity (Wildman–Crippen MR) is 93.7 cm³/mol. The number of carbonyl (C=O) groups excluding carboxylic acids is 1. The highest BCUT2D eigenvalue weighted by Gasteiger charge is 2.20. The Bertz CT molecular complexity index is 1030. The molecule has 4 aromatic rings. The number of hydrogen-bond donors (Lipinski definition) is 2. The Morgan fingerprint density at radius 3 is 2.42 bits per heavy atom. The SMILES string of the molecule is O=Cc1cc(O)cc2c(-c3ccsc3)c(-c3ccc(O)cc3)oc12. The van der Waals surface area contributed by atoms with Crippen LogP contribution in [0, 0.1) is 0 Å². The molecule has 0 bridgehead atoms. The minimum Gasteiger partial charge on any atom is -0.508 e. The summed E-state index contributed by atoms with van der Waals surface area (Å²) in [6.07, 6.45) is 0.670. The van der Waals surface area contributed by atoms with Gasteiger partial charge in [-0.1, -0.05) is 0 Å². The van der Waals surface area contributed by atoms with Gasteiger partial charge < -0.3 is 14.6 Å². The van der Waals surface area contributed by atoms with Crippen molar-refractivity contribution in [3.8, 4) is 33.9 Å². The van der Waals surface area contributed by atoms with Crippen LogP contribution in [0.25, 0.3) is 33.4 Å². The molecule has 2 N–H and O–H groups in total. The monoisotopic (exact) mass is 336 g/mol. The van der Waals surface area contributed by atoms with Gasteiger partial charge in [-0.2, -0.15) is 11.3 Å². The predicted octanol–water partition coefficient (Wildman–Crippen LogP) is 5.05. The Morgan fingerprint density at radius 2 is 1.75 bits per heavy atom. The summed E-state index contributed by atoms with van der Waals surface area (Å²) in [6, 6.07) is 11.6. The fourth-order valence-electron chi connectivity index (χ4n) is 2.81. The molecule has 0 aliphatic carbocycles. The standard InChI is InChI=1S/C19H12O4S/c20-9-13-7-15(22)8-16-17(12-5-6-24-10-12)19(23-18(13)16)11-1-3-14(21)4-2-11/h1-10,21-22H. The van der Waals surface area contributed by atoms with Gasteiger partial charge in [-0.15, -0.1) is 0 Å². The van der Waals surface area contributed by atoms with Crippen molar-refractivity contribution in [2.75, 3.05) is 0 Å². The topological polar surface area (TPSA) is 70.7 Å². The average molecular weight is 336 g/mol. The van der Waals surface area contributed by atoms with Crippen LogP contribution in [0.3, 0.4) is 0 Å². The van der Waals surface area contributed by atoms with E-state index in [-0.39, 0.29) is 11.5 Å². The number of phenols is 2. The smallest absolute Gasteiger partial charge is 0.153 e. The number of carbonyl (C=O) groups is 1. The third-order valence-electron chi connectivity index (χ3n) is 3.87. The Hall–Kier alpha value is -3.05. The van der Waals surface area contributed by atoms with Crippen LogP contribution in [-0.4, -0.2) is 16.5 Å². The van der Waals surface area contributed by atoms with E-state index in [2.05, 4.69) is 0 Å². The molecule has 0 spiro atoms. The Morgan fingerprint density at radius 1 is 0.958 bits per heavy atom. The maximum atomic E-state index is 11.4. The average Bonchev–Trinajstić information content (AvgIpc) is 3.21. The van der Waals surface area contributed by atoms with Crippen molar-refractivity contribution in [2.45, 2.75) is 0 Å². The van der Waals surface area contributed by atoms with E-state index in [1.54, 1.807) is 41.7 Å². The molecular weight excluding hydrogens is 324 g/mol. The van der Waals surface area contributed by atoms with Gasteiger partial charge in [-0.3, -0.25) is 4.79 Å². The molecule has 0 saturated carbocycles. The molecule has 0 radical (unpaired) electrons. The quantitative estimate of drug-likeness (QED) is 0.513.